The van der Waals surface area contributed by atoms with Gasteiger partial charge >= 0.3 is 0 Å². The maximum absolute atomic E-state index is 12.8. The normalized spacial score (nSPS) is 17.8. The summed E-state index contributed by atoms with van der Waals surface area (Å²) in [6.45, 7) is 3.77. The van der Waals surface area contributed by atoms with E-state index in [0.717, 1.165) is 5.69 Å². The first-order chi connectivity index (χ1) is 13.9. The largest absolute Gasteiger partial charge is 0.320 e. The number of amides is 2. The molecule has 2 amide bonds. The van der Waals surface area contributed by atoms with Gasteiger partial charge in [0.1, 0.15) is 10.9 Å². The molecule has 1 aliphatic heterocycles. The van der Waals surface area contributed by atoms with Gasteiger partial charge in [0, 0.05) is 18.5 Å². The van der Waals surface area contributed by atoms with Gasteiger partial charge in [0.05, 0.1) is 10.6 Å². The van der Waals surface area contributed by atoms with Crippen LogP contribution in [0.4, 0.5) is 17.1 Å². The molecule has 0 bridgehead atoms. The van der Waals surface area contributed by atoms with E-state index in [0.29, 0.717) is 5.17 Å². The van der Waals surface area contributed by atoms with Crippen LogP contribution >= 0.6 is 11.8 Å². The Kier molecular flexibility index (Phi) is 6.28. The van der Waals surface area contributed by atoms with Crippen molar-refractivity contribution in [3.05, 3.63) is 64.7 Å². The zero-order chi connectivity index (χ0) is 21.0. The number of thioether (sulfide) groups is 1. The topological polar surface area (TPSA) is 105 Å². The number of nitro benzene ring substituents is 1. The van der Waals surface area contributed by atoms with Gasteiger partial charge in [-0.15, -0.1) is 0 Å². The van der Waals surface area contributed by atoms with E-state index < -0.39 is 16.1 Å². The predicted molar refractivity (Wildman–Crippen MR) is 113 cm³/mol. The molecule has 29 heavy (non-hydrogen) atoms. The fraction of sp³-hybridized carbons (Fsp3) is 0.250. The predicted octanol–water partition coefficient (Wildman–Crippen LogP) is 3.96. The Hall–Kier alpha value is -3.20. The number of hydrogen-bond donors (Lipinski definition) is 1. The van der Waals surface area contributed by atoms with E-state index >= 15 is 0 Å². The van der Waals surface area contributed by atoms with Crippen LogP contribution in [0.3, 0.4) is 0 Å². The molecule has 1 heterocycles. The van der Waals surface area contributed by atoms with Crippen molar-refractivity contribution in [2.45, 2.75) is 31.6 Å². The Balaban J connectivity index is 1.76. The van der Waals surface area contributed by atoms with E-state index in [4.69, 9.17) is 0 Å². The molecule has 2 aromatic rings. The third kappa shape index (κ3) is 4.80. The van der Waals surface area contributed by atoms with Gasteiger partial charge in [-0.3, -0.25) is 24.6 Å². The van der Waals surface area contributed by atoms with Crippen molar-refractivity contribution >= 4 is 45.8 Å². The van der Waals surface area contributed by atoms with Crippen molar-refractivity contribution in [3.8, 4) is 0 Å². The summed E-state index contributed by atoms with van der Waals surface area (Å²) >= 11 is 1.23. The lowest BCUT2D eigenvalue weighted by Crippen LogP contribution is -2.38. The Labute approximate surface area is 172 Å². The zero-order valence-electron chi connectivity index (χ0n) is 15.9. The molecule has 0 saturated carbocycles. The number of aliphatic imine (C=N–C) groups is 1. The summed E-state index contributed by atoms with van der Waals surface area (Å²) in [7, 11) is 0. The van der Waals surface area contributed by atoms with Crippen molar-refractivity contribution in [1.29, 1.82) is 0 Å². The zero-order valence-corrected chi connectivity index (χ0v) is 16.8. The van der Waals surface area contributed by atoms with Crippen LogP contribution in [-0.2, 0) is 9.59 Å². The molecule has 9 heteroatoms. The van der Waals surface area contributed by atoms with Gasteiger partial charge in [0.25, 0.3) is 5.69 Å². The second-order valence-corrected chi connectivity index (χ2v) is 7.83. The lowest BCUT2D eigenvalue weighted by Gasteiger charge is -2.20. The monoisotopic (exact) mass is 412 g/mol. The van der Waals surface area contributed by atoms with Crippen molar-refractivity contribution in [3.63, 3.8) is 0 Å². The fourth-order valence-corrected chi connectivity index (χ4v) is 4.17. The third-order valence-corrected chi connectivity index (χ3v) is 5.36. The van der Waals surface area contributed by atoms with Crippen molar-refractivity contribution < 1.29 is 14.5 Å². The molecule has 1 saturated heterocycles. The number of carbonyl (C=O) groups excluding carboxylic acids is 2. The molecule has 3 rings (SSSR count). The lowest BCUT2D eigenvalue weighted by atomic mass is 10.2. The summed E-state index contributed by atoms with van der Waals surface area (Å²) in [4.78, 5) is 42.0. The van der Waals surface area contributed by atoms with E-state index in [2.05, 4.69) is 10.3 Å². The smallest absolute Gasteiger partial charge is 0.292 e. The highest BCUT2D eigenvalue weighted by Crippen LogP contribution is 2.33. The van der Waals surface area contributed by atoms with Crippen LogP contribution in [0.15, 0.2) is 59.6 Å². The highest BCUT2D eigenvalue weighted by atomic mass is 32.2. The van der Waals surface area contributed by atoms with Gasteiger partial charge in [-0.25, -0.2) is 4.99 Å². The number of carbonyl (C=O) groups is 2. The first kappa shape index (κ1) is 20.5. The van der Waals surface area contributed by atoms with Gasteiger partial charge in [-0.1, -0.05) is 42.1 Å². The Morgan fingerprint density at radius 1 is 1.21 bits per heavy atom. The van der Waals surface area contributed by atoms with Crippen LogP contribution in [0.1, 0.15) is 20.3 Å². The van der Waals surface area contributed by atoms with Gasteiger partial charge in [-0.05, 0) is 32.0 Å². The minimum atomic E-state index is -0.636. The van der Waals surface area contributed by atoms with Crippen LogP contribution < -0.4 is 5.32 Å². The van der Waals surface area contributed by atoms with E-state index in [1.165, 1.54) is 30.0 Å². The molecule has 1 unspecified atom stereocenters. The maximum atomic E-state index is 12.8. The first-order valence-corrected chi connectivity index (χ1v) is 9.91. The molecule has 1 N–H and O–H groups in total. The number of para-hydroxylation sites is 3. The summed E-state index contributed by atoms with van der Waals surface area (Å²) in [6.07, 6.45) is -0.105. The average molecular weight is 412 g/mol. The van der Waals surface area contributed by atoms with Crippen molar-refractivity contribution in [2.75, 3.05) is 5.32 Å². The number of nitrogens with one attached hydrogen (secondary N) is 1. The van der Waals surface area contributed by atoms with Gasteiger partial charge in [-0.2, -0.15) is 0 Å². The van der Waals surface area contributed by atoms with Crippen LogP contribution in [0.2, 0.25) is 0 Å². The first-order valence-electron chi connectivity index (χ1n) is 9.03. The van der Waals surface area contributed by atoms with Crippen LogP contribution in [-0.4, -0.2) is 38.1 Å². The summed E-state index contributed by atoms with van der Waals surface area (Å²) in [5, 5.41) is 13.6. The Morgan fingerprint density at radius 3 is 2.52 bits per heavy atom. The van der Waals surface area contributed by atoms with E-state index in [9.17, 15) is 19.7 Å². The number of anilines is 1. The molecule has 0 radical (unpaired) electrons. The fourth-order valence-electron chi connectivity index (χ4n) is 2.89. The maximum Gasteiger partial charge on any atom is 0.292 e. The summed E-state index contributed by atoms with van der Waals surface area (Å²) in [5.41, 5.74) is 0.636. The summed E-state index contributed by atoms with van der Waals surface area (Å²) in [6, 6.07) is 15.1. The number of nitrogens with zero attached hydrogens (tertiary/aromatic N) is 3. The Bertz CT molecular complexity index is 962. The molecule has 2 aromatic carbocycles. The van der Waals surface area contributed by atoms with Crippen LogP contribution in [0.25, 0.3) is 0 Å². The van der Waals surface area contributed by atoms with Gasteiger partial charge in [0.2, 0.25) is 11.8 Å². The number of nitro groups is 1. The second kappa shape index (κ2) is 8.87. The number of rotatable bonds is 6. The molecule has 1 aliphatic rings. The number of benzene rings is 2. The highest BCUT2D eigenvalue weighted by Gasteiger charge is 2.40. The standard InChI is InChI=1S/C20H20N4O4S/c1-13(2)23-19(26)17(29-20(23)21-14-8-4-3-5-9-14)12-18(25)22-15-10-6-7-11-16(15)24(27)28/h3-11,13,17H,12H2,1-2H3,(H,22,25). The molecule has 0 aromatic heterocycles. The molecule has 150 valence electrons. The molecular formula is C20H20N4O4S. The van der Waals surface area contributed by atoms with E-state index in [1.807, 2.05) is 44.2 Å². The lowest BCUT2D eigenvalue weighted by molar-refractivity contribution is -0.383. The quantitative estimate of drug-likeness (QED) is 0.571. The Morgan fingerprint density at radius 2 is 1.86 bits per heavy atom. The number of amidine groups is 1. The van der Waals surface area contributed by atoms with Crippen molar-refractivity contribution in [1.82, 2.24) is 4.90 Å². The average Bonchev–Trinajstić information content (AvgIpc) is 2.97. The minimum Gasteiger partial charge on any atom is -0.320 e. The van der Waals surface area contributed by atoms with E-state index in [-0.39, 0.29) is 29.7 Å². The molecule has 0 spiro atoms. The summed E-state index contributed by atoms with van der Waals surface area (Å²) in [5.74, 6) is -0.660. The summed E-state index contributed by atoms with van der Waals surface area (Å²) < 4.78 is 0. The second-order valence-electron chi connectivity index (χ2n) is 6.66. The number of hydrogen-bond acceptors (Lipinski definition) is 6. The molecule has 8 nitrogen and oxygen atoms in total. The van der Waals surface area contributed by atoms with Gasteiger partial charge in [0.15, 0.2) is 5.17 Å². The van der Waals surface area contributed by atoms with Crippen LogP contribution in [0, 0.1) is 10.1 Å². The third-order valence-electron chi connectivity index (χ3n) is 4.21. The highest BCUT2D eigenvalue weighted by molar-refractivity contribution is 8.15. The van der Waals surface area contributed by atoms with Gasteiger partial charge < -0.3 is 5.32 Å². The minimum absolute atomic E-state index is 0.105. The SMILES string of the molecule is CC(C)N1C(=O)C(CC(=O)Nc2ccccc2[N+](=O)[O-])SC1=Nc1ccccc1. The van der Waals surface area contributed by atoms with Crippen LogP contribution in [0.5, 0.6) is 0 Å². The molecule has 1 fully saturated rings. The van der Waals surface area contributed by atoms with Crippen molar-refractivity contribution in [2.24, 2.45) is 4.99 Å². The van der Waals surface area contributed by atoms with E-state index in [1.54, 1.807) is 11.0 Å². The molecule has 1 atom stereocenters. The molecular weight excluding hydrogens is 392 g/mol. The molecule has 0 aliphatic carbocycles.